The monoisotopic (exact) mass is 285 g/mol. The maximum Gasteiger partial charge on any atom is 0.250 e. The van der Waals surface area contributed by atoms with Gasteiger partial charge in [-0.2, -0.15) is 0 Å². The van der Waals surface area contributed by atoms with E-state index in [1.54, 1.807) is 12.1 Å². The van der Waals surface area contributed by atoms with Crippen LogP contribution in [0.4, 0.5) is 0 Å². The van der Waals surface area contributed by atoms with Crippen molar-refractivity contribution in [3.63, 3.8) is 0 Å². The quantitative estimate of drug-likeness (QED) is 0.881. The summed E-state index contributed by atoms with van der Waals surface area (Å²) < 4.78 is 5.60. The van der Waals surface area contributed by atoms with Gasteiger partial charge in [-0.25, -0.2) is 4.98 Å². The van der Waals surface area contributed by atoms with Crippen LogP contribution in [0, 0.1) is 0 Å². The van der Waals surface area contributed by atoms with E-state index in [9.17, 15) is 4.79 Å². The standard InChI is InChI=1S/C16H19N3O2/c1-16(2,18)9-11-3-6-13(7-4-11)21-14-8-5-12(10-19-14)15(17)20/h3-8,10H,9,18H2,1-2H3,(H2,17,20). The van der Waals surface area contributed by atoms with E-state index in [0.717, 1.165) is 12.0 Å². The van der Waals surface area contributed by atoms with E-state index in [1.165, 1.54) is 6.20 Å². The predicted molar refractivity (Wildman–Crippen MR) is 81.2 cm³/mol. The second-order valence-electron chi connectivity index (χ2n) is 5.66. The predicted octanol–water partition coefficient (Wildman–Crippen LogP) is 2.25. The number of ether oxygens (including phenoxy) is 1. The molecule has 0 aliphatic heterocycles. The third-order valence-corrected chi connectivity index (χ3v) is 2.83. The average Bonchev–Trinajstić information content (AvgIpc) is 2.40. The number of amides is 1. The Balaban J connectivity index is 2.04. The molecular formula is C16H19N3O2. The minimum atomic E-state index is -0.511. The lowest BCUT2D eigenvalue weighted by Crippen LogP contribution is -2.34. The Morgan fingerprint density at radius 2 is 1.86 bits per heavy atom. The molecule has 0 bridgehead atoms. The summed E-state index contributed by atoms with van der Waals surface area (Å²) >= 11 is 0. The second kappa shape index (κ2) is 5.93. The lowest BCUT2D eigenvalue weighted by atomic mass is 9.96. The van der Waals surface area contributed by atoms with Crippen molar-refractivity contribution in [3.8, 4) is 11.6 Å². The highest BCUT2D eigenvalue weighted by Crippen LogP contribution is 2.21. The third-order valence-electron chi connectivity index (χ3n) is 2.83. The van der Waals surface area contributed by atoms with Gasteiger partial charge in [0.1, 0.15) is 5.75 Å². The molecule has 0 aliphatic carbocycles. The van der Waals surface area contributed by atoms with Gasteiger partial charge in [0.2, 0.25) is 11.8 Å². The molecule has 4 N–H and O–H groups in total. The molecule has 2 rings (SSSR count). The molecule has 1 aromatic heterocycles. The number of hydrogen-bond donors (Lipinski definition) is 2. The number of hydrogen-bond acceptors (Lipinski definition) is 4. The number of rotatable bonds is 5. The van der Waals surface area contributed by atoms with Crippen LogP contribution in [0.1, 0.15) is 29.8 Å². The Morgan fingerprint density at radius 3 is 2.33 bits per heavy atom. The van der Waals surface area contributed by atoms with E-state index < -0.39 is 5.91 Å². The van der Waals surface area contributed by atoms with Crippen LogP contribution < -0.4 is 16.2 Å². The third kappa shape index (κ3) is 4.57. The molecule has 21 heavy (non-hydrogen) atoms. The first-order valence-corrected chi connectivity index (χ1v) is 6.65. The van der Waals surface area contributed by atoms with Gasteiger partial charge >= 0.3 is 0 Å². The molecule has 5 heteroatoms. The highest BCUT2D eigenvalue weighted by molar-refractivity contribution is 5.92. The SMILES string of the molecule is CC(C)(N)Cc1ccc(Oc2ccc(C(N)=O)cn2)cc1. The summed E-state index contributed by atoms with van der Waals surface area (Å²) in [7, 11) is 0. The Morgan fingerprint density at radius 1 is 1.19 bits per heavy atom. The molecule has 110 valence electrons. The number of carbonyl (C=O) groups is 1. The van der Waals surface area contributed by atoms with Crippen molar-refractivity contribution >= 4 is 5.91 Å². The summed E-state index contributed by atoms with van der Waals surface area (Å²) in [5, 5.41) is 0. The van der Waals surface area contributed by atoms with Crippen molar-refractivity contribution in [3.05, 3.63) is 53.7 Å². The number of carbonyl (C=O) groups excluding carboxylic acids is 1. The van der Waals surface area contributed by atoms with E-state index in [4.69, 9.17) is 16.2 Å². The van der Waals surface area contributed by atoms with Gasteiger partial charge in [-0.1, -0.05) is 12.1 Å². The van der Waals surface area contributed by atoms with Gasteiger partial charge in [0.15, 0.2) is 0 Å². The van der Waals surface area contributed by atoms with Crippen molar-refractivity contribution < 1.29 is 9.53 Å². The van der Waals surface area contributed by atoms with Gasteiger partial charge in [-0.3, -0.25) is 4.79 Å². The van der Waals surface area contributed by atoms with Crippen molar-refractivity contribution in [1.82, 2.24) is 4.98 Å². The van der Waals surface area contributed by atoms with Crippen molar-refractivity contribution in [1.29, 1.82) is 0 Å². The van der Waals surface area contributed by atoms with Crippen LogP contribution in [-0.4, -0.2) is 16.4 Å². The molecule has 1 amide bonds. The zero-order valence-electron chi connectivity index (χ0n) is 12.2. The topological polar surface area (TPSA) is 91.2 Å². The largest absolute Gasteiger partial charge is 0.439 e. The van der Waals surface area contributed by atoms with E-state index in [2.05, 4.69) is 4.98 Å². The summed E-state index contributed by atoms with van der Waals surface area (Å²) in [6.07, 6.45) is 2.18. The first-order chi connectivity index (χ1) is 9.83. The number of nitrogens with zero attached hydrogens (tertiary/aromatic N) is 1. The van der Waals surface area contributed by atoms with Crippen LogP contribution in [0.3, 0.4) is 0 Å². The van der Waals surface area contributed by atoms with Crippen LogP contribution >= 0.6 is 0 Å². The van der Waals surface area contributed by atoms with Gasteiger partial charge in [-0.05, 0) is 44.0 Å². The van der Waals surface area contributed by atoms with Crippen LogP contribution in [0.2, 0.25) is 0 Å². The fraction of sp³-hybridized carbons (Fsp3) is 0.250. The minimum absolute atomic E-state index is 0.242. The number of nitrogens with two attached hydrogens (primary N) is 2. The lowest BCUT2D eigenvalue weighted by Gasteiger charge is -2.18. The molecule has 1 aromatic carbocycles. The molecule has 1 heterocycles. The highest BCUT2D eigenvalue weighted by Gasteiger charge is 2.11. The molecule has 0 saturated carbocycles. The number of aromatic nitrogens is 1. The zero-order chi connectivity index (χ0) is 15.5. The first-order valence-electron chi connectivity index (χ1n) is 6.65. The maximum absolute atomic E-state index is 11.0. The minimum Gasteiger partial charge on any atom is -0.439 e. The first kappa shape index (κ1) is 15.0. The molecule has 0 fully saturated rings. The lowest BCUT2D eigenvalue weighted by molar-refractivity contribution is 0.1000. The molecular weight excluding hydrogens is 266 g/mol. The van der Waals surface area contributed by atoms with Gasteiger partial charge in [0, 0.05) is 17.8 Å². The normalized spacial score (nSPS) is 11.2. The molecule has 0 atom stereocenters. The second-order valence-corrected chi connectivity index (χ2v) is 5.66. The molecule has 5 nitrogen and oxygen atoms in total. The molecule has 0 unspecified atom stereocenters. The Bertz CT molecular complexity index is 613. The van der Waals surface area contributed by atoms with E-state index >= 15 is 0 Å². The van der Waals surface area contributed by atoms with Crippen LogP contribution in [0.25, 0.3) is 0 Å². The van der Waals surface area contributed by atoms with Crippen molar-refractivity contribution in [2.24, 2.45) is 11.5 Å². The van der Waals surface area contributed by atoms with E-state index in [1.807, 2.05) is 38.1 Å². The van der Waals surface area contributed by atoms with Crippen LogP contribution in [0.5, 0.6) is 11.6 Å². The van der Waals surface area contributed by atoms with Gasteiger partial charge in [0.05, 0.1) is 5.56 Å². The number of benzene rings is 1. The smallest absolute Gasteiger partial charge is 0.250 e. The Kier molecular flexibility index (Phi) is 4.23. The fourth-order valence-electron chi connectivity index (χ4n) is 1.91. The van der Waals surface area contributed by atoms with E-state index in [-0.39, 0.29) is 5.54 Å². The summed E-state index contributed by atoms with van der Waals surface area (Å²) in [4.78, 5) is 15.0. The van der Waals surface area contributed by atoms with Crippen LogP contribution in [-0.2, 0) is 6.42 Å². The summed E-state index contributed by atoms with van der Waals surface area (Å²) in [6.45, 7) is 3.98. The molecule has 0 radical (unpaired) electrons. The van der Waals surface area contributed by atoms with Crippen molar-refractivity contribution in [2.75, 3.05) is 0 Å². The van der Waals surface area contributed by atoms with Crippen molar-refractivity contribution in [2.45, 2.75) is 25.8 Å². The Labute approximate surface area is 123 Å². The summed E-state index contributed by atoms with van der Waals surface area (Å²) in [6, 6.07) is 10.9. The van der Waals surface area contributed by atoms with Gasteiger partial charge in [0.25, 0.3) is 0 Å². The van der Waals surface area contributed by atoms with Gasteiger partial charge in [-0.15, -0.1) is 0 Å². The molecule has 0 spiro atoms. The Hall–Kier alpha value is -2.40. The van der Waals surface area contributed by atoms with Gasteiger partial charge < -0.3 is 16.2 Å². The molecule has 2 aromatic rings. The average molecular weight is 285 g/mol. The fourth-order valence-corrected chi connectivity index (χ4v) is 1.91. The van der Waals surface area contributed by atoms with Crippen LogP contribution in [0.15, 0.2) is 42.6 Å². The summed E-state index contributed by atoms with van der Waals surface area (Å²) in [5.41, 5.74) is 12.4. The zero-order valence-corrected chi connectivity index (χ0v) is 12.2. The summed E-state index contributed by atoms with van der Waals surface area (Å²) in [5.74, 6) is 0.572. The number of primary amides is 1. The number of pyridine rings is 1. The maximum atomic E-state index is 11.0. The molecule has 0 saturated heterocycles. The molecule has 0 aliphatic rings. The van der Waals surface area contributed by atoms with E-state index in [0.29, 0.717) is 17.2 Å². The highest BCUT2D eigenvalue weighted by atomic mass is 16.5.